The number of pyridine rings is 1. The molecule has 6 heteroatoms. The minimum absolute atomic E-state index is 0.0986. The van der Waals surface area contributed by atoms with E-state index in [1.165, 1.54) is 23.9 Å². The number of aryl methyl sites for hydroxylation is 2. The van der Waals surface area contributed by atoms with Crippen LogP contribution in [-0.2, 0) is 5.75 Å². The van der Waals surface area contributed by atoms with E-state index in [0.717, 1.165) is 21.8 Å². The molecule has 21 heavy (non-hydrogen) atoms. The molecule has 0 bridgehead atoms. The van der Waals surface area contributed by atoms with Gasteiger partial charge in [-0.05, 0) is 49.2 Å². The molecule has 0 aliphatic carbocycles. The fraction of sp³-hybridized carbons (Fsp3) is 0.200. The van der Waals surface area contributed by atoms with E-state index in [1.807, 2.05) is 26.0 Å². The number of thioether (sulfide) groups is 1. The Kier molecular flexibility index (Phi) is 4.80. The number of halogens is 1. The van der Waals surface area contributed by atoms with E-state index >= 15 is 0 Å². The Balaban J connectivity index is 2.23. The van der Waals surface area contributed by atoms with Gasteiger partial charge in [-0.2, -0.15) is 0 Å². The lowest BCUT2D eigenvalue weighted by Crippen LogP contribution is -2.15. The first kappa shape index (κ1) is 15.3. The van der Waals surface area contributed by atoms with E-state index in [4.69, 9.17) is 10.9 Å². The highest BCUT2D eigenvalue weighted by atomic mass is 32.2. The second kappa shape index (κ2) is 6.58. The molecule has 2 aromatic rings. The van der Waals surface area contributed by atoms with E-state index in [9.17, 15) is 4.39 Å². The summed E-state index contributed by atoms with van der Waals surface area (Å²) in [5.74, 6) is 0.0372. The summed E-state index contributed by atoms with van der Waals surface area (Å²) in [5.41, 5.74) is 8.87. The maximum absolute atomic E-state index is 13.3. The number of hydrogen-bond acceptors (Lipinski definition) is 4. The monoisotopic (exact) mass is 305 g/mol. The molecule has 0 saturated heterocycles. The Hall–Kier alpha value is -2.08. The van der Waals surface area contributed by atoms with Gasteiger partial charge in [-0.3, -0.25) is 0 Å². The van der Waals surface area contributed by atoms with Gasteiger partial charge < -0.3 is 10.9 Å². The molecule has 3 N–H and O–H groups in total. The first-order valence-corrected chi connectivity index (χ1v) is 7.32. The first-order chi connectivity index (χ1) is 9.99. The molecule has 0 radical (unpaired) electrons. The van der Waals surface area contributed by atoms with Crippen LogP contribution < -0.4 is 5.73 Å². The number of rotatable bonds is 4. The summed E-state index contributed by atoms with van der Waals surface area (Å²) in [7, 11) is 0. The van der Waals surface area contributed by atoms with Crippen LogP contribution in [0.4, 0.5) is 4.39 Å². The van der Waals surface area contributed by atoms with Crippen molar-refractivity contribution in [2.75, 3.05) is 0 Å². The molecule has 4 nitrogen and oxygen atoms in total. The van der Waals surface area contributed by atoms with Crippen molar-refractivity contribution >= 4 is 17.6 Å². The van der Waals surface area contributed by atoms with Crippen molar-refractivity contribution in [3.05, 3.63) is 58.5 Å². The summed E-state index contributed by atoms with van der Waals surface area (Å²) in [6.45, 7) is 3.95. The predicted octanol–water partition coefficient (Wildman–Crippen LogP) is 3.22. The molecule has 0 aliphatic heterocycles. The third-order valence-corrected chi connectivity index (χ3v) is 3.87. The lowest BCUT2D eigenvalue weighted by molar-refractivity contribution is 0.318. The lowest BCUT2D eigenvalue weighted by Gasteiger charge is -2.09. The van der Waals surface area contributed by atoms with Gasteiger partial charge in [-0.15, -0.1) is 11.8 Å². The SMILES string of the molecule is Cc1cc(C)nc(SCc2ccc(F)cc2/C(N)=N/O)c1. The Bertz CT molecular complexity index is 668. The van der Waals surface area contributed by atoms with E-state index in [1.54, 1.807) is 6.07 Å². The summed E-state index contributed by atoms with van der Waals surface area (Å²) < 4.78 is 13.3. The molecule has 1 aromatic carbocycles. The van der Waals surface area contributed by atoms with Crippen molar-refractivity contribution in [1.82, 2.24) is 4.98 Å². The molecular formula is C15H16FN3OS. The number of benzene rings is 1. The average Bonchev–Trinajstić information content (AvgIpc) is 2.44. The van der Waals surface area contributed by atoms with Crippen molar-refractivity contribution in [2.45, 2.75) is 24.6 Å². The van der Waals surface area contributed by atoms with Gasteiger partial charge in [0, 0.05) is 17.0 Å². The Morgan fingerprint density at radius 1 is 1.33 bits per heavy atom. The molecule has 0 atom stereocenters. The number of hydrogen-bond donors (Lipinski definition) is 2. The third kappa shape index (κ3) is 3.95. The Morgan fingerprint density at radius 2 is 2.10 bits per heavy atom. The summed E-state index contributed by atoms with van der Waals surface area (Å²) in [6, 6.07) is 8.26. The van der Waals surface area contributed by atoms with Crippen LogP contribution in [0.15, 0.2) is 40.5 Å². The number of oxime groups is 1. The minimum atomic E-state index is -0.421. The third-order valence-electron chi connectivity index (χ3n) is 2.91. The van der Waals surface area contributed by atoms with Gasteiger partial charge in [0.05, 0.1) is 5.03 Å². The zero-order chi connectivity index (χ0) is 15.4. The lowest BCUT2D eigenvalue weighted by atomic mass is 10.1. The molecule has 0 amide bonds. The van der Waals surface area contributed by atoms with Crippen LogP contribution in [0.2, 0.25) is 0 Å². The van der Waals surface area contributed by atoms with Gasteiger partial charge in [0.15, 0.2) is 5.84 Å². The molecule has 110 valence electrons. The van der Waals surface area contributed by atoms with E-state index in [0.29, 0.717) is 11.3 Å². The predicted molar refractivity (Wildman–Crippen MR) is 82.2 cm³/mol. The van der Waals surface area contributed by atoms with Crippen LogP contribution >= 0.6 is 11.8 Å². The van der Waals surface area contributed by atoms with Gasteiger partial charge in [-0.25, -0.2) is 9.37 Å². The zero-order valence-electron chi connectivity index (χ0n) is 11.8. The van der Waals surface area contributed by atoms with Crippen molar-refractivity contribution in [2.24, 2.45) is 10.9 Å². The van der Waals surface area contributed by atoms with Crippen LogP contribution in [0.1, 0.15) is 22.4 Å². The Labute approximate surface area is 126 Å². The number of aromatic nitrogens is 1. The van der Waals surface area contributed by atoms with Crippen LogP contribution in [0.5, 0.6) is 0 Å². The van der Waals surface area contributed by atoms with Crippen LogP contribution in [0.3, 0.4) is 0 Å². The first-order valence-electron chi connectivity index (χ1n) is 6.34. The van der Waals surface area contributed by atoms with E-state index < -0.39 is 5.82 Å². The van der Waals surface area contributed by atoms with Crippen LogP contribution in [-0.4, -0.2) is 16.0 Å². The van der Waals surface area contributed by atoms with Crippen molar-refractivity contribution in [3.63, 3.8) is 0 Å². The van der Waals surface area contributed by atoms with Gasteiger partial charge in [0.2, 0.25) is 0 Å². The standard InChI is InChI=1S/C15H16FN3OS/c1-9-5-10(2)18-14(6-9)21-8-11-3-4-12(16)7-13(11)15(17)19-20/h3-7,20H,8H2,1-2H3,(H2,17,19). The van der Waals surface area contributed by atoms with E-state index in [-0.39, 0.29) is 5.84 Å². The number of nitrogens with zero attached hydrogens (tertiary/aromatic N) is 2. The Morgan fingerprint density at radius 3 is 2.76 bits per heavy atom. The second-order valence-corrected chi connectivity index (χ2v) is 5.70. The van der Waals surface area contributed by atoms with Gasteiger partial charge in [-0.1, -0.05) is 11.2 Å². The van der Waals surface area contributed by atoms with Gasteiger partial charge in [0.1, 0.15) is 5.82 Å². The van der Waals surface area contributed by atoms with Crippen molar-refractivity contribution in [3.8, 4) is 0 Å². The van der Waals surface area contributed by atoms with Crippen LogP contribution in [0.25, 0.3) is 0 Å². The molecule has 2 rings (SSSR count). The van der Waals surface area contributed by atoms with Gasteiger partial charge >= 0.3 is 0 Å². The topological polar surface area (TPSA) is 71.5 Å². The van der Waals surface area contributed by atoms with E-state index in [2.05, 4.69) is 10.1 Å². The largest absolute Gasteiger partial charge is 0.409 e. The summed E-state index contributed by atoms with van der Waals surface area (Å²) in [4.78, 5) is 4.44. The molecule has 0 unspecified atom stereocenters. The molecule has 0 spiro atoms. The quantitative estimate of drug-likeness (QED) is 0.299. The molecule has 0 fully saturated rings. The fourth-order valence-electron chi connectivity index (χ4n) is 2.00. The summed E-state index contributed by atoms with van der Waals surface area (Å²) in [6.07, 6.45) is 0. The normalized spacial score (nSPS) is 11.7. The number of amidine groups is 1. The molecular weight excluding hydrogens is 289 g/mol. The summed E-state index contributed by atoms with van der Waals surface area (Å²) in [5, 5.41) is 12.6. The van der Waals surface area contributed by atoms with Crippen molar-refractivity contribution in [1.29, 1.82) is 0 Å². The summed E-state index contributed by atoms with van der Waals surface area (Å²) >= 11 is 1.52. The zero-order valence-corrected chi connectivity index (χ0v) is 12.6. The molecule has 1 heterocycles. The minimum Gasteiger partial charge on any atom is -0.409 e. The highest BCUT2D eigenvalue weighted by Crippen LogP contribution is 2.24. The average molecular weight is 305 g/mol. The molecule has 1 aromatic heterocycles. The van der Waals surface area contributed by atoms with Gasteiger partial charge in [0.25, 0.3) is 0 Å². The number of nitrogens with two attached hydrogens (primary N) is 1. The van der Waals surface area contributed by atoms with Crippen LogP contribution in [0, 0.1) is 19.7 Å². The smallest absolute Gasteiger partial charge is 0.170 e. The molecule has 0 saturated carbocycles. The fourth-order valence-corrected chi connectivity index (χ4v) is 3.03. The maximum Gasteiger partial charge on any atom is 0.170 e. The maximum atomic E-state index is 13.3. The molecule has 0 aliphatic rings. The van der Waals surface area contributed by atoms with Crippen molar-refractivity contribution < 1.29 is 9.60 Å². The highest BCUT2D eigenvalue weighted by Gasteiger charge is 2.10. The second-order valence-electron chi connectivity index (χ2n) is 4.70. The highest BCUT2D eigenvalue weighted by molar-refractivity contribution is 7.98.